The molecule has 0 radical (unpaired) electrons. The van der Waals surface area contributed by atoms with E-state index in [0.29, 0.717) is 17.1 Å². The number of phenols is 1. The average Bonchev–Trinajstić information content (AvgIpc) is 2.84. The van der Waals surface area contributed by atoms with Crippen molar-refractivity contribution in [3.8, 4) is 5.75 Å². The Balaban J connectivity index is 2.98. The Hall–Kier alpha value is -2.97. The van der Waals surface area contributed by atoms with Crippen LogP contribution in [0.5, 0.6) is 5.75 Å². The first-order valence-corrected chi connectivity index (χ1v) is 14.2. The van der Waals surface area contributed by atoms with Gasteiger partial charge < -0.3 is 37.6 Å². The minimum absolute atomic E-state index is 0.0261. The Bertz CT molecular complexity index is 933. The molecule has 37 heavy (non-hydrogen) atoms. The molecule has 0 aliphatic heterocycles. The van der Waals surface area contributed by atoms with Gasteiger partial charge in [0, 0.05) is 6.42 Å². The number of carboxylic acids is 1. The molecule has 1 rings (SSSR count). The molecule has 9 N–H and O–H groups in total. The molecule has 4 amide bonds. The fraction of sp³-hybridized carbons (Fsp3) is 0.522. The molecule has 4 unspecified atom stereocenters. The predicted molar refractivity (Wildman–Crippen MR) is 143 cm³/mol. The maximum Gasteiger partial charge on any atom is 0.326 e. The summed E-state index contributed by atoms with van der Waals surface area (Å²) in [6.07, 6.45) is 3.67. The highest BCUT2D eigenvalue weighted by Gasteiger charge is 2.30. The van der Waals surface area contributed by atoms with E-state index in [0.717, 1.165) is 0 Å². The SMILES string of the molecule is CSCCC(NC(=O)C(N)CC(N)=O)C(=O)NC(CCSC)C(=O)NC(Cc1ccc(O)cc1)C(=O)O. The number of amides is 4. The van der Waals surface area contributed by atoms with Crippen LogP contribution in [-0.4, -0.2) is 88.0 Å². The van der Waals surface area contributed by atoms with Crippen molar-refractivity contribution in [2.75, 3.05) is 24.0 Å². The first kappa shape index (κ1) is 32.1. The molecule has 1 aromatic rings. The third kappa shape index (κ3) is 12.2. The van der Waals surface area contributed by atoms with Crippen molar-refractivity contribution in [2.24, 2.45) is 11.5 Å². The minimum Gasteiger partial charge on any atom is -0.508 e. The van der Waals surface area contributed by atoms with Gasteiger partial charge in [-0.15, -0.1) is 0 Å². The highest BCUT2D eigenvalue weighted by Crippen LogP contribution is 2.12. The molecule has 12 nitrogen and oxygen atoms in total. The maximum absolute atomic E-state index is 13.1. The normalized spacial score (nSPS) is 14.0. The molecule has 0 spiro atoms. The third-order valence-electron chi connectivity index (χ3n) is 5.24. The van der Waals surface area contributed by atoms with Gasteiger partial charge in [0.1, 0.15) is 23.9 Å². The van der Waals surface area contributed by atoms with E-state index in [1.54, 1.807) is 12.1 Å². The van der Waals surface area contributed by atoms with Gasteiger partial charge in [-0.2, -0.15) is 23.5 Å². The molecule has 0 fully saturated rings. The lowest BCUT2D eigenvalue weighted by molar-refractivity contribution is -0.142. The molecule has 0 bridgehead atoms. The summed E-state index contributed by atoms with van der Waals surface area (Å²) in [4.78, 5) is 61.3. The number of aliphatic carboxylic acids is 1. The predicted octanol–water partition coefficient (Wildman–Crippen LogP) is -0.817. The standard InChI is InChI=1S/C23H35N5O7S2/c1-36-9-7-16(26-20(31)15(24)12-19(25)30)21(32)27-17(8-10-37-2)22(33)28-18(23(34)35)11-13-3-5-14(29)6-4-13/h3-6,15-18,29H,7-12,24H2,1-2H3,(H2,25,30)(H,26,31)(H,27,32)(H,28,33)(H,34,35). The number of phenolic OH excluding ortho intramolecular Hbond substituents is 1. The lowest BCUT2D eigenvalue weighted by Gasteiger charge is -2.25. The number of rotatable bonds is 17. The number of hydrogen-bond donors (Lipinski definition) is 7. The maximum atomic E-state index is 13.1. The average molecular weight is 558 g/mol. The summed E-state index contributed by atoms with van der Waals surface area (Å²) in [5.41, 5.74) is 11.3. The van der Waals surface area contributed by atoms with E-state index >= 15 is 0 Å². The van der Waals surface area contributed by atoms with Crippen molar-refractivity contribution >= 4 is 53.1 Å². The second kappa shape index (κ2) is 16.7. The number of aromatic hydroxyl groups is 1. The Morgan fingerprint density at radius 1 is 0.838 bits per heavy atom. The number of nitrogens with one attached hydrogen (secondary N) is 3. The Kier molecular flexibility index (Phi) is 14.5. The summed E-state index contributed by atoms with van der Waals surface area (Å²) in [6, 6.07) is 1.33. The third-order valence-corrected chi connectivity index (χ3v) is 6.52. The fourth-order valence-electron chi connectivity index (χ4n) is 3.21. The molecule has 0 heterocycles. The van der Waals surface area contributed by atoms with Gasteiger partial charge in [-0.05, 0) is 54.6 Å². The van der Waals surface area contributed by atoms with E-state index in [9.17, 15) is 34.2 Å². The van der Waals surface area contributed by atoms with E-state index in [1.807, 2.05) is 12.5 Å². The van der Waals surface area contributed by atoms with E-state index < -0.39 is 53.8 Å². The number of primary amides is 1. The lowest BCUT2D eigenvalue weighted by Crippen LogP contribution is -2.57. The Morgan fingerprint density at radius 3 is 1.73 bits per heavy atom. The van der Waals surface area contributed by atoms with Crippen LogP contribution >= 0.6 is 23.5 Å². The molecule has 14 heteroatoms. The van der Waals surface area contributed by atoms with Crippen molar-refractivity contribution in [3.05, 3.63) is 29.8 Å². The summed E-state index contributed by atoms with van der Waals surface area (Å²) in [6.45, 7) is 0. The molecule has 206 valence electrons. The molecule has 0 saturated carbocycles. The van der Waals surface area contributed by atoms with Gasteiger partial charge in [-0.3, -0.25) is 19.2 Å². The van der Waals surface area contributed by atoms with Crippen molar-refractivity contribution in [1.29, 1.82) is 0 Å². The Morgan fingerprint density at radius 2 is 1.30 bits per heavy atom. The number of nitrogens with two attached hydrogens (primary N) is 2. The topological polar surface area (TPSA) is 214 Å². The zero-order chi connectivity index (χ0) is 28.0. The largest absolute Gasteiger partial charge is 0.508 e. The molecular weight excluding hydrogens is 522 g/mol. The van der Waals surface area contributed by atoms with Crippen molar-refractivity contribution < 1.29 is 34.2 Å². The second-order valence-corrected chi connectivity index (χ2v) is 10.2. The molecule has 4 atom stereocenters. The van der Waals surface area contributed by atoms with Crippen molar-refractivity contribution in [3.63, 3.8) is 0 Å². The summed E-state index contributed by atoms with van der Waals surface area (Å²) in [7, 11) is 0. The van der Waals surface area contributed by atoms with Gasteiger partial charge in [0.2, 0.25) is 23.6 Å². The van der Waals surface area contributed by atoms with Gasteiger partial charge in [-0.25, -0.2) is 4.79 Å². The molecule has 0 aliphatic carbocycles. The van der Waals surface area contributed by atoms with E-state index in [2.05, 4.69) is 16.0 Å². The zero-order valence-corrected chi connectivity index (χ0v) is 22.4. The monoisotopic (exact) mass is 557 g/mol. The summed E-state index contributed by atoms with van der Waals surface area (Å²) in [5.74, 6) is -3.04. The molecule has 0 saturated heterocycles. The van der Waals surface area contributed by atoms with Crippen LogP contribution in [0.25, 0.3) is 0 Å². The smallest absolute Gasteiger partial charge is 0.326 e. The minimum atomic E-state index is -1.27. The number of hydrogen-bond acceptors (Lipinski definition) is 9. The highest BCUT2D eigenvalue weighted by molar-refractivity contribution is 7.98. The second-order valence-electron chi connectivity index (χ2n) is 8.23. The van der Waals surface area contributed by atoms with Gasteiger partial charge >= 0.3 is 5.97 Å². The van der Waals surface area contributed by atoms with Crippen molar-refractivity contribution in [2.45, 2.75) is 49.9 Å². The van der Waals surface area contributed by atoms with E-state index in [4.69, 9.17) is 11.5 Å². The number of benzene rings is 1. The van der Waals surface area contributed by atoms with Crippen LogP contribution in [0.4, 0.5) is 0 Å². The van der Waals surface area contributed by atoms with Gasteiger partial charge in [0.15, 0.2) is 0 Å². The summed E-state index contributed by atoms with van der Waals surface area (Å²) < 4.78 is 0. The van der Waals surface area contributed by atoms with Crippen molar-refractivity contribution in [1.82, 2.24) is 16.0 Å². The van der Waals surface area contributed by atoms with Crippen LogP contribution in [0.15, 0.2) is 24.3 Å². The Labute approximate surface area is 224 Å². The molecule has 0 aromatic heterocycles. The highest BCUT2D eigenvalue weighted by atomic mass is 32.2. The van der Waals surface area contributed by atoms with Crippen LogP contribution in [0.2, 0.25) is 0 Å². The van der Waals surface area contributed by atoms with Crippen LogP contribution in [0, 0.1) is 0 Å². The lowest BCUT2D eigenvalue weighted by atomic mass is 10.0. The molecule has 1 aromatic carbocycles. The zero-order valence-electron chi connectivity index (χ0n) is 20.8. The number of carbonyl (C=O) groups is 5. The van der Waals surface area contributed by atoms with Gasteiger partial charge in [0.05, 0.1) is 12.5 Å². The van der Waals surface area contributed by atoms with Crippen LogP contribution in [0.3, 0.4) is 0 Å². The number of thioether (sulfide) groups is 2. The van der Waals surface area contributed by atoms with E-state index in [1.165, 1.54) is 35.7 Å². The summed E-state index contributed by atoms with van der Waals surface area (Å²) in [5, 5.41) is 26.6. The van der Waals surface area contributed by atoms with Crippen LogP contribution < -0.4 is 27.4 Å². The van der Waals surface area contributed by atoms with Crippen LogP contribution in [-0.2, 0) is 30.4 Å². The summed E-state index contributed by atoms with van der Waals surface area (Å²) >= 11 is 2.89. The van der Waals surface area contributed by atoms with Gasteiger partial charge in [-0.1, -0.05) is 12.1 Å². The number of carbonyl (C=O) groups excluding carboxylic acids is 4. The van der Waals surface area contributed by atoms with E-state index in [-0.39, 0.29) is 31.4 Å². The fourth-order valence-corrected chi connectivity index (χ4v) is 4.15. The van der Waals surface area contributed by atoms with Crippen LogP contribution in [0.1, 0.15) is 24.8 Å². The first-order chi connectivity index (χ1) is 17.5. The number of carboxylic acid groups (broad SMARTS) is 1. The molecule has 0 aliphatic rings. The molecular formula is C23H35N5O7S2. The quantitative estimate of drug-likeness (QED) is 0.126. The first-order valence-electron chi connectivity index (χ1n) is 11.4. The van der Waals surface area contributed by atoms with Gasteiger partial charge in [0.25, 0.3) is 0 Å².